The molecule has 3 atom stereocenters. The molecule has 0 radical (unpaired) electrons. The van der Waals surface area contributed by atoms with Crippen molar-refractivity contribution in [2.75, 3.05) is 5.32 Å². The third-order valence-corrected chi connectivity index (χ3v) is 7.95. The van der Waals surface area contributed by atoms with E-state index in [2.05, 4.69) is 21.3 Å². The molecule has 12 heteroatoms. The van der Waals surface area contributed by atoms with Crippen LogP contribution in [0.25, 0.3) is 0 Å². The van der Waals surface area contributed by atoms with Gasteiger partial charge in [-0.1, -0.05) is 81.0 Å². The molecule has 1 saturated heterocycles. The zero-order chi connectivity index (χ0) is 26.2. The summed E-state index contributed by atoms with van der Waals surface area (Å²) in [6.45, 7) is 0. The number of hydrogen-bond donors (Lipinski definition) is 6. The van der Waals surface area contributed by atoms with Crippen LogP contribution in [0.1, 0.15) is 77.0 Å². The van der Waals surface area contributed by atoms with E-state index in [0.29, 0.717) is 36.4 Å². The molecule has 0 aromatic heterocycles. The molecule has 1 aromatic carbocycles. The maximum atomic E-state index is 14.8. The van der Waals surface area contributed by atoms with Gasteiger partial charge >= 0.3 is 12.2 Å². The Hall–Kier alpha value is -1.30. The smallest absolute Gasteiger partial charge is 0.315 e. The van der Waals surface area contributed by atoms with Crippen LogP contribution in [-0.2, 0) is 0 Å². The molecule has 1 aromatic rings. The zero-order valence-corrected chi connectivity index (χ0v) is 21.7. The van der Waals surface area contributed by atoms with Gasteiger partial charge in [-0.05, 0) is 37.0 Å². The number of anilines is 1. The number of carbonyl (C=O) groups is 1. The Balaban J connectivity index is 1.78. The molecule has 7 nitrogen and oxygen atoms in total. The van der Waals surface area contributed by atoms with Crippen LogP contribution in [0.5, 0.6) is 0 Å². The van der Waals surface area contributed by atoms with Gasteiger partial charge in [0.05, 0.1) is 16.2 Å². The normalized spacial score (nSPS) is 27.5. The van der Waals surface area contributed by atoms with Gasteiger partial charge in [0.1, 0.15) is 11.8 Å². The molecule has 36 heavy (non-hydrogen) atoms. The standard InChI is InChI=1S/C24H36Cl2F3N5O2/c25-18-13-12-17(14-19(18)26)30-22(35)32-21-31-20(34-36)15-23(33-21,24(27,28)29)16-10-8-6-4-2-1-3-5-7-9-11-16/h12-14,16,20-21,31,33-34,36H,1-11,15H2,(H2,30,32,35). The molecule has 0 bridgehead atoms. The minimum absolute atomic E-state index is 0.228. The fraction of sp³-hybridized carbons (Fsp3) is 0.708. The van der Waals surface area contributed by atoms with E-state index in [1.807, 2.05) is 5.48 Å². The summed E-state index contributed by atoms with van der Waals surface area (Å²) in [7, 11) is 0. The fourth-order valence-electron chi connectivity index (χ4n) is 5.34. The summed E-state index contributed by atoms with van der Waals surface area (Å²) in [4.78, 5) is 12.6. The highest BCUT2D eigenvalue weighted by molar-refractivity contribution is 6.42. The van der Waals surface area contributed by atoms with Crippen molar-refractivity contribution in [3.8, 4) is 0 Å². The van der Waals surface area contributed by atoms with E-state index in [1.165, 1.54) is 24.6 Å². The lowest BCUT2D eigenvalue weighted by Gasteiger charge is -2.50. The van der Waals surface area contributed by atoms with E-state index in [0.717, 1.165) is 38.5 Å². The number of urea groups is 1. The van der Waals surface area contributed by atoms with Gasteiger partial charge in [-0.25, -0.2) is 4.79 Å². The van der Waals surface area contributed by atoms with Crippen molar-refractivity contribution in [1.29, 1.82) is 0 Å². The van der Waals surface area contributed by atoms with Crippen molar-refractivity contribution in [1.82, 2.24) is 21.4 Å². The summed E-state index contributed by atoms with van der Waals surface area (Å²) in [5.41, 5.74) is -0.00771. The highest BCUT2D eigenvalue weighted by Gasteiger charge is 2.61. The largest absolute Gasteiger partial charge is 0.407 e. The lowest BCUT2D eigenvalue weighted by Crippen LogP contribution is -2.78. The number of carbonyl (C=O) groups excluding carboxylic acids is 1. The van der Waals surface area contributed by atoms with Crippen LogP contribution in [0.15, 0.2) is 18.2 Å². The molecule has 1 aliphatic carbocycles. The molecular formula is C24H36Cl2F3N5O2. The molecule has 6 N–H and O–H groups in total. The van der Waals surface area contributed by atoms with Gasteiger partial charge in [-0.2, -0.15) is 18.7 Å². The summed E-state index contributed by atoms with van der Waals surface area (Å²) in [5, 5.41) is 20.7. The van der Waals surface area contributed by atoms with Gasteiger partial charge < -0.3 is 15.8 Å². The first kappa shape index (κ1) is 29.3. The Morgan fingerprint density at radius 1 is 0.972 bits per heavy atom. The van der Waals surface area contributed by atoms with Crippen LogP contribution < -0.4 is 26.7 Å². The molecule has 2 aliphatic rings. The van der Waals surface area contributed by atoms with E-state index >= 15 is 0 Å². The van der Waals surface area contributed by atoms with E-state index in [4.69, 9.17) is 23.2 Å². The Labute approximate surface area is 220 Å². The van der Waals surface area contributed by atoms with Crippen LogP contribution in [-0.4, -0.2) is 35.4 Å². The molecule has 2 amide bonds. The summed E-state index contributed by atoms with van der Waals surface area (Å²) in [5.74, 6) is -0.697. The first-order valence-electron chi connectivity index (χ1n) is 12.7. The zero-order valence-electron chi connectivity index (χ0n) is 20.2. The Morgan fingerprint density at radius 3 is 2.08 bits per heavy atom. The lowest BCUT2D eigenvalue weighted by atomic mass is 9.73. The molecule has 1 heterocycles. The molecule has 1 saturated carbocycles. The van der Waals surface area contributed by atoms with Crippen molar-refractivity contribution < 1.29 is 23.2 Å². The molecule has 204 valence electrons. The Bertz CT molecular complexity index is 852. The van der Waals surface area contributed by atoms with Crippen molar-refractivity contribution >= 4 is 34.9 Å². The monoisotopic (exact) mass is 553 g/mol. The van der Waals surface area contributed by atoms with Crippen LogP contribution in [0.4, 0.5) is 23.7 Å². The average Bonchev–Trinajstić information content (AvgIpc) is 2.80. The predicted octanol–water partition coefficient (Wildman–Crippen LogP) is 6.51. The summed E-state index contributed by atoms with van der Waals surface area (Å²) < 4.78 is 44.5. The average molecular weight is 554 g/mol. The maximum Gasteiger partial charge on any atom is 0.407 e. The van der Waals surface area contributed by atoms with E-state index < -0.39 is 42.5 Å². The predicted molar refractivity (Wildman–Crippen MR) is 135 cm³/mol. The first-order valence-corrected chi connectivity index (χ1v) is 13.4. The molecular weight excluding hydrogens is 518 g/mol. The Kier molecular flexibility index (Phi) is 11.0. The van der Waals surface area contributed by atoms with Gasteiger partial charge in [0.15, 0.2) is 0 Å². The number of alkyl halides is 3. The molecule has 3 rings (SSSR count). The summed E-state index contributed by atoms with van der Waals surface area (Å²) in [6.07, 6.45) is 2.20. The van der Waals surface area contributed by atoms with Crippen LogP contribution >= 0.6 is 23.2 Å². The maximum absolute atomic E-state index is 14.8. The summed E-state index contributed by atoms with van der Waals surface area (Å²) >= 11 is 11.9. The van der Waals surface area contributed by atoms with Gasteiger partial charge in [-0.15, -0.1) is 0 Å². The minimum Gasteiger partial charge on any atom is -0.315 e. The second kappa shape index (κ2) is 13.5. The number of benzene rings is 1. The van der Waals surface area contributed by atoms with Gasteiger partial charge in [0.25, 0.3) is 0 Å². The van der Waals surface area contributed by atoms with E-state index in [1.54, 1.807) is 0 Å². The quantitative estimate of drug-likeness (QED) is 0.239. The topological polar surface area (TPSA) is 97.5 Å². The molecule has 2 fully saturated rings. The molecule has 1 aliphatic heterocycles. The minimum atomic E-state index is -4.61. The number of halogens is 5. The fourth-order valence-corrected chi connectivity index (χ4v) is 5.64. The second-order valence-corrected chi connectivity index (χ2v) is 10.6. The number of hydroxylamine groups is 1. The number of hydrogen-bond acceptors (Lipinski definition) is 5. The molecule has 0 spiro atoms. The number of rotatable bonds is 4. The van der Waals surface area contributed by atoms with E-state index in [9.17, 15) is 23.2 Å². The van der Waals surface area contributed by atoms with Crippen molar-refractivity contribution in [3.63, 3.8) is 0 Å². The third kappa shape index (κ3) is 7.85. The SMILES string of the molecule is O=C(Nc1ccc(Cl)c(Cl)c1)NC1NC(NO)CC(C2CCCCCCCCCCC2)(C(F)(F)F)N1. The number of nitrogens with one attached hydrogen (secondary N) is 5. The highest BCUT2D eigenvalue weighted by atomic mass is 35.5. The van der Waals surface area contributed by atoms with Gasteiger partial charge in [0, 0.05) is 12.1 Å². The van der Waals surface area contributed by atoms with Crippen LogP contribution in [0, 0.1) is 5.92 Å². The van der Waals surface area contributed by atoms with Crippen molar-refractivity contribution in [3.05, 3.63) is 28.2 Å². The van der Waals surface area contributed by atoms with Crippen LogP contribution in [0.2, 0.25) is 10.0 Å². The third-order valence-electron chi connectivity index (χ3n) is 7.21. The molecule has 3 unspecified atom stereocenters. The lowest BCUT2D eigenvalue weighted by molar-refractivity contribution is -0.233. The second-order valence-electron chi connectivity index (χ2n) is 9.78. The highest BCUT2D eigenvalue weighted by Crippen LogP contribution is 2.45. The van der Waals surface area contributed by atoms with Gasteiger partial charge in [-0.3, -0.25) is 10.6 Å². The van der Waals surface area contributed by atoms with E-state index in [-0.39, 0.29) is 5.02 Å². The number of amides is 2. The van der Waals surface area contributed by atoms with Crippen molar-refractivity contribution in [2.24, 2.45) is 5.92 Å². The van der Waals surface area contributed by atoms with Crippen molar-refractivity contribution in [2.45, 2.75) is 101 Å². The summed E-state index contributed by atoms with van der Waals surface area (Å²) in [6, 6.07) is 3.72. The first-order chi connectivity index (χ1) is 17.1. The van der Waals surface area contributed by atoms with Gasteiger partial charge in [0.2, 0.25) is 0 Å². The van der Waals surface area contributed by atoms with Crippen LogP contribution in [0.3, 0.4) is 0 Å². The Morgan fingerprint density at radius 2 is 1.56 bits per heavy atom.